The molecule has 2 aromatic carbocycles. The molecule has 0 fully saturated rings. The van der Waals surface area contributed by atoms with E-state index >= 15 is 0 Å². The molecule has 0 spiro atoms. The maximum Gasteiger partial charge on any atom is 0.338 e. The van der Waals surface area contributed by atoms with Gasteiger partial charge in [0.05, 0.1) is 10.5 Å². The van der Waals surface area contributed by atoms with Gasteiger partial charge in [-0.25, -0.2) is 13.2 Å². The molecule has 7 heteroatoms. The molecule has 0 saturated carbocycles. The van der Waals surface area contributed by atoms with Crippen molar-refractivity contribution in [2.24, 2.45) is 0 Å². The highest BCUT2D eigenvalue weighted by Crippen LogP contribution is 2.18. The first-order valence-electron chi connectivity index (χ1n) is 9.06. The lowest BCUT2D eigenvalue weighted by molar-refractivity contribution is -0.129. The third kappa shape index (κ3) is 5.92. The predicted octanol–water partition coefficient (Wildman–Crippen LogP) is 2.95. The van der Waals surface area contributed by atoms with E-state index in [1.54, 1.807) is 0 Å². The SMILES string of the molecule is CC[C@@H](CNC(=O)[C@H](C)OC(=O)c1ccc(S(C)(=O)=O)cc1)c1ccccc1. The third-order valence-electron chi connectivity index (χ3n) is 4.46. The van der Waals surface area contributed by atoms with Crippen molar-refractivity contribution >= 4 is 21.7 Å². The molecular weight excluding hydrogens is 378 g/mol. The summed E-state index contributed by atoms with van der Waals surface area (Å²) >= 11 is 0. The average molecular weight is 404 g/mol. The Morgan fingerprint density at radius 2 is 1.64 bits per heavy atom. The zero-order chi connectivity index (χ0) is 20.7. The highest BCUT2D eigenvalue weighted by molar-refractivity contribution is 7.90. The summed E-state index contributed by atoms with van der Waals surface area (Å²) in [6.45, 7) is 4.00. The Labute approximate surface area is 165 Å². The summed E-state index contributed by atoms with van der Waals surface area (Å²) < 4.78 is 28.1. The fraction of sp³-hybridized carbons (Fsp3) is 0.333. The summed E-state index contributed by atoms with van der Waals surface area (Å²) in [6, 6.07) is 15.3. The molecule has 0 aliphatic carbocycles. The normalized spacial score (nSPS) is 13.4. The molecular formula is C21H25NO5S. The maximum atomic E-state index is 12.3. The van der Waals surface area contributed by atoms with Crippen LogP contribution in [0.2, 0.25) is 0 Å². The summed E-state index contributed by atoms with van der Waals surface area (Å²) in [4.78, 5) is 24.6. The van der Waals surface area contributed by atoms with Crippen LogP contribution >= 0.6 is 0 Å². The van der Waals surface area contributed by atoms with Gasteiger partial charge in [0.1, 0.15) is 0 Å². The summed E-state index contributed by atoms with van der Waals surface area (Å²) in [6.07, 6.45) is 0.993. The van der Waals surface area contributed by atoms with E-state index in [4.69, 9.17) is 4.74 Å². The number of hydrogen-bond acceptors (Lipinski definition) is 5. The molecule has 0 aliphatic rings. The minimum atomic E-state index is -3.34. The van der Waals surface area contributed by atoms with Gasteiger partial charge in [0.25, 0.3) is 5.91 Å². The van der Waals surface area contributed by atoms with Crippen molar-refractivity contribution in [1.29, 1.82) is 0 Å². The monoisotopic (exact) mass is 403 g/mol. The smallest absolute Gasteiger partial charge is 0.338 e. The molecule has 1 N–H and O–H groups in total. The Morgan fingerprint density at radius 1 is 1.04 bits per heavy atom. The van der Waals surface area contributed by atoms with E-state index in [9.17, 15) is 18.0 Å². The van der Waals surface area contributed by atoms with Crippen LogP contribution in [0.4, 0.5) is 0 Å². The molecule has 150 valence electrons. The average Bonchev–Trinajstić information content (AvgIpc) is 2.68. The Morgan fingerprint density at radius 3 is 2.18 bits per heavy atom. The number of rotatable bonds is 8. The number of esters is 1. The highest BCUT2D eigenvalue weighted by Gasteiger charge is 2.20. The summed E-state index contributed by atoms with van der Waals surface area (Å²) in [7, 11) is -3.34. The van der Waals surface area contributed by atoms with Crippen LogP contribution in [-0.2, 0) is 19.4 Å². The predicted molar refractivity (Wildman–Crippen MR) is 107 cm³/mol. The molecule has 0 heterocycles. The van der Waals surface area contributed by atoms with Crippen molar-refractivity contribution in [3.63, 3.8) is 0 Å². The first-order valence-corrected chi connectivity index (χ1v) is 10.9. The molecule has 0 bridgehead atoms. The number of nitrogens with one attached hydrogen (secondary N) is 1. The van der Waals surface area contributed by atoms with Gasteiger partial charge in [0.15, 0.2) is 15.9 Å². The first-order chi connectivity index (χ1) is 13.2. The van der Waals surface area contributed by atoms with E-state index in [0.717, 1.165) is 18.2 Å². The quantitative estimate of drug-likeness (QED) is 0.685. The number of sulfone groups is 1. The van der Waals surface area contributed by atoms with Crippen molar-refractivity contribution < 1.29 is 22.7 Å². The number of ether oxygens (including phenoxy) is 1. The lowest BCUT2D eigenvalue weighted by Gasteiger charge is -2.18. The van der Waals surface area contributed by atoms with Gasteiger partial charge in [-0.05, 0) is 43.2 Å². The topological polar surface area (TPSA) is 89.5 Å². The van der Waals surface area contributed by atoms with Gasteiger partial charge < -0.3 is 10.1 Å². The Balaban J connectivity index is 1.91. The minimum absolute atomic E-state index is 0.112. The fourth-order valence-corrected chi connectivity index (χ4v) is 3.34. The second kappa shape index (κ2) is 9.50. The maximum absolute atomic E-state index is 12.3. The number of hydrogen-bond donors (Lipinski definition) is 1. The van der Waals surface area contributed by atoms with Crippen LogP contribution in [0.1, 0.15) is 42.1 Å². The Bertz CT molecular complexity index is 908. The van der Waals surface area contributed by atoms with E-state index in [1.807, 2.05) is 37.3 Å². The van der Waals surface area contributed by atoms with Gasteiger partial charge in [-0.1, -0.05) is 37.3 Å². The summed E-state index contributed by atoms with van der Waals surface area (Å²) in [5.74, 6) is -0.884. The van der Waals surface area contributed by atoms with Crippen LogP contribution in [0.15, 0.2) is 59.5 Å². The molecule has 0 radical (unpaired) electrons. The van der Waals surface area contributed by atoms with Gasteiger partial charge in [0, 0.05) is 18.7 Å². The molecule has 0 aromatic heterocycles. The largest absolute Gasteiger partial charge is 0.449 e. The van der Waals surface area contributed by atoms with E-state index in [0.29, 0.717) is 6.54 Å². The van der Waals surface area contributed by atoms with Crippen LogP contribution in [0.5, 0.6) is 0 Å². The van der Waals surface area contributed by atoms with Crippen LogP contribution in [0.25, 0.3) is 0 Å². The second-order valence-corrected chi connectivity index (χ2v) is 8.62. The van der Waals surface area contributed by atoms with Gasteiger partial charge in [-0.15, -0.1) is 0 Å². The molecule has 2 rings (SSSR count). The number of amides is 1. The van der Waals surface area contributed by atoms with E-state index < -0.39 is 21.9 Å². The third-order valence-corrected chi connectivity index (χ3v) is 5.59. The highest BCUT2D eigenvalue weighted by atomic mass is 32.2. The molecule has 6 nitrogen and oxygen atoms in total. The molecule has 28 heavy (non-hydrogen) atoms. The summed E-state index contributed by atoms with van der Waals surface area (Å²) in [5.41, 5.74) is 1.32. The molecule has 2 atom stereocenters. The van der Waals surface area contributed by atoms with Crippen LogP contribution in [0, 0.1) is 0 Å². The number of carbonyl (C=O) groups excluding carboxylic acids is 2. The zero-order valence-electron chi connectivity index (χ0n) is 16.2. The van der Waals surface area contributed by atoms with Gasteiger partial charge in [0.2, 0.25) is 0 Å². The van der Waals surface area contributed by atoms with Crippen molar-refractivity contribution in [2.75, 3.05) is 12.8 Å². The first kappa shape index (κ1) is 21.6. The molecule has 0 saturated heterocycles. The number of benzene rings is 2. The van der Waals surface area contributed by atoms with Gasteiger partial charge in [-0.2, -0.15) is 0 Å². The van der Waals surface area contributed by atoms with Crippen LogP contribution < -0.4 is 5.32 Å². The Kier molecular flexibility index (Phi) is 7.34. The molecule has 0 unspecified atom stereocenters. The summed E-state index contributed by atoms with van der Waals surface area (Å²) in [5, 5.41) is 2.82. The standard InChI is InChI=1S/C21H25NO5S/c1-4-16(17-8-6-5-7-9-17)14-22-20(23)15(2)27-21(24)18-10-12-19(13-11-18)28(3,25)26/h5-13,15-16H,4,14H2,1-3H3,(H,22,23)/t15-,16-/m0/s1. The van der Waals surface area contributed by atoms with Crippen molar-refractivity contribution in [3.05, 3.63) is 65.7 Å². The molecule has 2 aromatic rings. The van der Waals surface area contributed by atoms with Crippen LogP contribution in [-0.4, -0.2) is 39.2 Å². The van der Waals surface area contributed by atoms with E-state index in [1.165, 1.54) is 31.2 Å². The van der Waals surface area contributed by atoms with Gasteiger partial charge in [-0.3, -0.25) is 4.79 Å². The minimum Gasteiger partial charge on any atom is -0.449 e. The lowest BCUT2D eigenvalue weighted by atomic mass is 9.96. The molecule has 0 aliphatic heterocycles. The fourth-order valence-electron chi connectivity index (χ4n) is 2.71. The van der Waals surface area contributed by atoms with Gasteiger partial charge >= 0.3 is 5.97 Å². The van der Waals surface area contributed by atoms with Crippen LogP contribution in [0.3, 0.4) is 0 Å². The van der Waals surface area contributed by atoms with Crippen molar-refractivity contribution in [3.8, 4) is 0 Å². The molecule has 1 amide bonds. The number of carbonyl (C=O) groups is 2. The lowest BCUT2D eigenvalue weighted by Crippen LogP contribution is -2.38. The van der Waals surface area contributed by atoms with Crippen molar-refractivity contribution in [1.82, 2.24) is 5.32 Å². The van der Waals surface area contributed by atoms with E-state index in [-0.39, 0.29) is 22.3 Å². The zero-order valence-corrected chi connectivity index (χ0v) is 17.0. The Hall–Kier alpha value is -2.67. The van der Waals surface area contributed by atoms with E-state index in [2.05, 4.69) is 5.32 Å². The van der Waals surface area contributed by atoms with Crippen molar-refractivity contribution in [2.45, 2.75) is 37.2 Å². The second-order valence-electron chi connectivity index (χ2n) is 6.61.